The molecule has 0 bridgehead atoms. The van der Waals surface area contributed by atoms with Gasteiger partial charge in [-0.25, -0.2) is 9.59 Å². The second-order valence-electron chi connectivity index (χ2n) is 11.4. The third-order valence-electron chi connectivity index (χ3n) is 6.88. The molecule has 0 unspecified atom stereocenters. The van der Waals surface area contributed by atoms with Crippen LogP contribution in [0.25, 0.3) is 33.2 Å². The maximum atomic E-state index is 12.0. The Morgan fingerprint density at radius 3 is 2.07 bits per heavy atom. The number of amides is 1. The van der Waals surface area contributed by atoms with Gasteiger partial charge in [0.05, 0.1) is 0 Å². The van der Waals surface area contributed by atoms with Crippen LogP contribution in [-0.4, -0.2) is 34.6 Å². The molecule has 2 N–H and O–H groups in total. The predicted octanol–water partition coefficient (Wildman–Crippen LogP) is 8.57. The highest BCUT2D eigenvalue weighted by Gasteiger charge is 2.24. The van der Waals surface area contributed by atoms with Gasteiger partial charge in [0.25, 0.3) is 0 Å². The van der Waals surface area contributed by atoms with E-state index in [9.17, 15) is 14.7 Å². The van der Waals surface area contributed by atoms with Crippen LogP contribution in [0.3, 0.4) is 0 Å². The number of aliphatic carboxylic acids is 1. The van der Waals surface area contributed by atoms with E-state index in [4.69, 9.17) is 9.15 Å². The molecule has 0 saturated heterocycles. The van der Waals surface area contributed by atoms with E-state index < -0.39 is 23.7 Å². The third kappa shape index (κ3) is 7.87. The zero-order valence-electron chi connectivity index (χ0n) is 24.5. The lowest BCUT2D eigenvalue weighted by Gasteiger charge is -2.21. The Morgan fingerprint density at radius 2 is 1.42 bits per heavy atom. The highest BCUT2D eigenvalue weighted by Crippen LogP contribution is 2.37. The standard InChI is InChI=1S/C36H35NO5S/c1-36(2,3)42-35(40)37-30(34(38)39)23-43-22-25-13-15-26(16-14-25)27-17-19-28(20-18-27)33-29-11-7-8-12-31(29)41-32(33)21-24-9-5-4-6-10-24/h4-20,30H,21-23H2,1-3H3,(H,37,40)(H,38,39)/t30-/m0/s1. The summed E-state index contributed by atoms with van der Waals surface area (Å²) in [6.45, 7) is 5.21. The third-order valence-corrected chi connectivity index (χ3v) is 7.99. The Hall–Kier alpha value is -4.49. The molecular weight excluding hydrogens is 558 g/mol. The quantitative estimate of drug-likeness (QED) is 0.169. The molecule has 7 heteroatoms. The maximum Gasteiger partial charge on any atom is 0.408 e. The molecule has 1 aromatic heterocycles. The number of benzene rings is 4. The summed E-state index contributed by atoms with van der Waals surface area (Å²) in [5, 5.41) is 13.1. The monoisotopic (exact) mass is 593 g/mol. The summed E-state index contributed by atoms with van der Waals surface area (Å²) in [5.41, 5.74) is 6.90. The highest BCUT2D eigenvalue weighted by atomic mass is 32.2. The number of furan rings is 1. The number of para-hydroxylation sites is 1. The minimum Gasteiger partial charge on any atom is -0.480 e. The molecule has 5 aromatic rings. The Morgan fingerprint density at radius 1 is 0.814 bits per heavy atom. The molecule has 4 aromatic carbocycles. The maximum absolute atomic E-state index is 12.0. The molecule has 0 aliphatic heterocycles. The van der Waals surface area contributed by atoms with Crippen molar-refractivity contribution in [2.24, 2.45) is 0 Å². The fourth-order valence-corrected chi connectivity index (χ4v) is 5.87. The Labute approximate surface area is 256 Å². The van der Waals surface area contributed by atoms with Crippen LogP contribution in [0.1, 0.15) is 37.7 Å². The molecule has 0 spiro atoms. The zero-order valence-corrected chi connectivity index (χ0v) is 25.3. The number of hydrogen-bond donors (Lipinski definition) is 2. The van der Waals surface area contributed by atoms with Crippen LogP contribution in [0.2, 0.25) is 0 Å². The van der Waals surface area contributed by atoms with Crippen molar-refractivity contribution in [1.29, 1.82) is 0 Å². The second-order valence-corrected chi connectivity index (χ2v) is 12.4. The van der Waals surface area contributed by atoms with Crippen molar-refractivity contribution in [3.63, 3.8) is 0 Å². The fourth-order valence-electron chi connectivity index (χ4n) is 4.86. The summed E-state index contributed by atoms with van der Waals surface area (Å²) in [7, 11) is 0. The van der Waals surface area contributed by atoms with E-state index in [0.717, 1.165) is 51.0 Å². The van der Waals surface area contributed by atoms with Crippen LogP contribution in [0.15, 0.2) is 108 Å². The molecule has 1 amide bonds. The molecule has 0 radical (unpaired) electrons. The van der Waals surface area contributed by atoms with Gasteiger partial charge in [0.15, 0.2) is 0 Å². The molecule has 6 nitrogen and oxygen atoms in total. The van der Waals surface area contributed by atoms with Crippen LogP contribution >= 0.6 is 11.8 Å². The van der Waals surface area contributed by atoms with E-state index in [0.29, 0.717) is 5.75 Å². The van der Waals surface area contributed by atoms with Crippen molar-refractivity contribution >= 4 is 34.8 Å². The van der Waals surface area contributed by atoms with Crippen molar-refractivity contribution in [2.75, 3.05) is 5.75 Å². The number of carbonyl (C=O) groups is 2. The van der Waals surface area contributed by atoms with E-state index in [2.05, 4.69) is 72.0 Å². The number of alkyl carbamates (subject to hydrolysis) is 1. The Kier molecular flexibility index (Phi) is 9.22. The first-order valence-electron chi connectivity index (χ1n) is 14.2. The number of carbonyl (C=O) groups excluding carboxylic acids is 1. The minimum absolute atomic E-state index is 0.229. The summed E-state index contributed by atoms with van der Waals surface area (Å²) in [6, 6.07) is 34.3. The lowest BCUT2D eigenvalue weighted by Crippen LogP contribution is -2.44. The van der Waals surface area contributed by atoms with Gasteiger partial charge >= 0.3 is 12.1 Å². The van der Waals surface area contributed by atoms with Crippen LogP contribution in [0.4, 0.5) is 4.79 Å². The second kappa shape index (κ2) is 13.2. The molecule has 5 rings (SSSR count). The molecule has 1 atom stereocenters. The Balaban J connectivity index is 1.25. The van der Waals surface area contributed by atoms with Gasteiger partial charge in [-0.2, -0.15) is 11.8 Å². The molecule has 43 heavy (non-hydrogen) atoms. The van der Waals surface area contributed by atoms with E-state index in [1.54, 1.807) is 20.8 Å². The molecule has 0 fully saturated rings. The van der Waals surface area contributed by atoms with Crippen molar-refractivity contribution in [2.45, 2.75) is 44.6 Å². The molecule has 0 aliphatic rings. The molecule has 220 valence electrons. The van der Waals surface area contributed by atoms with Crippen LogP contribution in [0, 0.1) is 0 Å². The van der Waals surface area contributed by atoms with Crippen molar-refractivity contribution in [3.8, 4) is 22.3 Å². The van der Waals surface area contributed by atoms with Crippen LogP contribution < -0.4 is 5.32 Å². The van der Waals surface area contributed by atoms with E-state index >= 15 is 0 Å². The van der Waals surface area contributed by atoms with Crippen molar-refractivity contribution in [3.05, 3.63) is 120 Å². The minimum atomic E-state index is -1.09. The number of fused-ring (bicyclic) bond motifs is 1. The molecule has 1 heterocycles. The van der Waals surface area contributed by atoms with E-state index in [1.807, 2.05) is 36.4 Å². The average Bonchev–Trinajstić information content (AvgIpc) is 3.34. The smallest absolute Gasteiger partial charge is 0.408 e. The number of hydrogen-bond acceptors (Lipinski definition) is 5. The van der Waals surface area contributed by atoms with Gasteiger partial charge in [-0.1, -0.05) is 97.1 Å². The largest absolute Gasteiger partial charge is 0.480 e. The van der Waals surface area contributed by atoms with Gasteiger partial charge in [0.2, 0.25) is 0 Å². The first kappa shape index (κ1) is 30.0. The number of carboxylic acids is 1. The van der Waals surface area contributed by atoms with Crippen molar-refractivity contribution in [1.82, 2.24) is 5.32 Å². The highest BCUT2D eigenvalue weighted by molar-refractivity contribution is 7.98. The van der Waals surface area contributed by atoms with E-state index in [-0.39, 0.29) is 5.75 Å². The summed E-state index contributed by atoms with van der Waals surface area (Å²) >= 11 is 1.45. The summed E-state index contributed by atoms with van der Waals surface area (Å²) in [4.78, 5) is 23.6. The van der Waals surface area contributed by atoms with Crippen LogP contribution in [-0.2, 0) is 21.7 Å². The number of ether oxygens (including phenoxy) is 1. The first-order chi connectivity index (χ1) is 20.7. The van der Waals surface area contributed by atoms with E-state index in [1.165, 1.54) is 17.3 Å². The van der Waals surface area contributed by atoms with Gasteiger partial charge in [0.1, 0.15) is 23.0 Å². The molecular formula is C36H35NO5S. The molecule has 0 aliphatic carbocycles. The van der Waals surface area contributed by atoms with Crippen LogP contribution in [0.5, 0.6) is 0 Å². The van der Waals surface area contributed by atoms with Gasteiger partial charge in [-0.3, -0.25) is 0 Å². The summed E-state index contributed by atoms with van der Waals surface area (Å²) in [5.74, 6) is 0.713. The SMILES string of the molecule is CC(C)(C)OC(=O)N[C@@H](CSCc1ccc(-c2ccc(-c3c(Cc4ccccc4)oc4ccccc34)cc2)cc1)C(=O)O. The summed E-state index contributed by atoms with van der Waals surface area (Å²) in [6.07, 6.45) is -0.0136. The number of nitrogens with one attached hydrogen (secondary N) is 1. The normalized spacial score (nSPS) is 12.2. The Bertz CT molecular complexity index is 1690. The predicted molar refractivity (Wildman–Crippen MR) is 173 cm³/mol. The molecule has 0 saturated carbocycles. The van der Waals surface area contributed by atoms with Gasteiger partial charge < -0.3 is 19.6 Å². The summed E-state index contributed by atoms with van der Waals surface area (Å²) < 4.78 is 11.5. The first-order valence-corrected chi connectivity index (χ1v) is 15.4. The number of thioether (sulfide) groups is 1. The lowest BCUT2D eigenvalue weighted by atomic mass is 9.96. The van der Waals surface area contributed by atoms with Crippen molar-refractivity contribution < 1.29 is 23.8 Å². The van der Waals surface area contributed by atoms with Gasteiger partial charge in [0, 0.05) is 28.9 Å². The number of rotatable bonds is 10. The average molecular weight is 594 g/mol. The van der Waals surface area contributed by atoms with Gasteiger partial charge in [-0.15, -0.1) is 0 Å². The lowest BCUT2D eigenvalue weighted by molar-refractivity contribution is -0.138. The topological polar surface area (TPSA) is 88.8 Å². The zero-order chi connectivity index (χ0) is 30.4. The van der Waals surface area contributed by atoms with Gasteiger partial charge in [-0.05, 0) is 54.7 Å². The number of carboxylic acid groups (broad SMARTS) is 1. The fraction of sp³-hybridized carbons (Fsp3) is 0.222.